The molecule has 1 aromatic heterocycles. The minimum atomic E-state index is -1.14. The number of tetrazole rings is 1. The first-order valence-electron chi connectivity index (χ1n) is 10.1. The summed E-state index contributed by atoms with van der Waals surface area (Å²) in [6, 6.07) is 7.47. The lowest BCUT2D eigenvalue weighted by molar-refractivity contribution is -0.121. The van der Waals surface area contributed by atoms with Crippen molar-refractivity contribution in [2.24, 2.45) is 0 Å². The van der Waals surface area contributed by atoms with E-state index in [9.17, 15) is 18.4 Å². The fraction of sp³-hybridized carbons (Fsp3) is 0.318. The number of amides is 1. The van der Waals surface area contributed by atoms with Gasteiger partial charge in [0.15, 0.2) is 5.78 Å². The molecule has 2 N–H and O–H groups in total. The van der Waals surface area contributed by atoms with Crippen molar-refractivity contribution >= 4 is 11.7 Å². The van der Waals surface area contributed by atoms with Crippen LogP contribution in [0.15, 0.2) is 36.4 Å². The summed E-state index contributed by atoms with van der Waals surface area (Å²) in [5.74, 6) is -2.05. The monoisotopic (exact) mass is 425 g/mol. The summed E-state index contributed by atoms with van der Waals surface area (Å²) in [7, 11) is 0. The second-order valence-electron chi connectivity index (χ2n) is 7.55. The lowest BCUT2D eigenvalue weighted by Crippen LogP contribution is -2.31. The molecule has 31 heavy (non-hydrogen) atoms. The van der Waals surface area contributed by atoms with Gasteiger partial charge < -0.3 is 5.32 Å². The average Bonchev–Trinajstić information content (AvgIpc) is 3.32. The molecule has 4 rings (SSSR count). The number of fused-ring (bicyclic) bond motifs is 1. The summed E-state index contributed by atoms with van der Waals surface area (Å²) < 4.78 is 27.9. The van der Waals surface area contributed by atoms with E-state index in [4.69, 9.17) is 0 Å². The normalized spacial score (nSPS) is 14.0. The van der Waals surface area contributed by atoms with E-state index in [1.807, 2.05) is 12.1 Å². The molecular weight excluding hydrogens is 404 g/mol. The third kappa shape index (κ3) is 4.82. The molecule has 9 heteroatoms. The van der Waals surface area contributed by atoms with E-state index < -0.39 is 23.6 Å². The number of hydrogen-bond acceptors (Lipinski definition) is 5. The molecule has 0 fully saturated rings. The van der Waals surface area contributed by atoms with E-state index in [0.29, 0.717) is 5.56 Å². The molecule has 1 aliphatic carbocycles. The highest BCUT2D eigenvalue weighted by molar-refractivity contribution is 5.98. The molecule has 7 nitrogen and oxygen atoms in total. The van der Waals surface area contributed by atoms with Gasteiger partial charge in [-0.15, -0.1) is 10.2 Å². The third-order valence-corrected chi connectivity index (χ3v) is 5.44. The van der Waals surface area contributed by atoms with Gasteiger partial charge in [0.05, 0.1) is 0 Å². The van der Waals surface area contributed by atoms with Gasteiger partial charge in [-0.1, -0.05) is 17.3 Å². The second-order valence-corrected chi connectivity index (χ2v) is 7.55. The van der Waals surface area contributed by atoms with Gasteiger partial charge in [-0.3, -0.25) is 9.59 Å². The van der Waals surface area contributed by atoms with E-state index in [1.54, 1.807) is 6.07 Å². The second kappa shape index (κ2) is 9.11. The molecule has 0 saturated heterocycles. The van der Waals surface area contributed by atoms with Crippen LogP contribution in [0.25, 0.3) is 0 Å². The predicted octanol–water partition coefficient (Wildman–Crippen LogP) is 3.23. The first kappa shape index (κ1) is 20.8. The Balaban J connectivity index is 1.44. The number of H-pyrrole nitrogens is 1. The fourth-order valence-electron chi connectivity index (χ4n) is 3.82. The van der Waals surface area contributed by atoms with E-state index in [0.717, 1.165) is 43.9 Å². The summed E-state index contributed by atoms with van der Waals surface area (Å²) in [5.41, 5.74) is 2.93. The number of carbonyl (C=O) groups is 2. The smallest absolute Gasteiger partial charge is 0.221 e. The van der Waals surface area contributed by atoms with Crippen LogP contribution >= 0.6 is 0 Å². The summed E-state index contributed by atoms with van der Waals surface area (Å²) in [6.07, 6.45) is 4.15. The molecule has 0 radical (unpaired) electrons. The number of nitrogens with zero attached hydrogens (tertiary/aromatic N) is 3. The Kier molecular flexibility index (Phi) is 6.11. The van der Waals surface area contributed by atoms with E-state index in [1.165, 1.54) is 11.1 Å². The largest absolute Gasteiger partial charge is 0.342 e. The van der Waals surface area contributed by atoms with Gasteiger partial charge in [0.1, 0.15) is 17.7 Å². The highest BCUT2D eigenvalue weighted by Crippen LogP contribution is 2.24. The first-order chi connectivity index (χ1) is 15.0. The summed E-state index contributed by atoms with van der Waals surface area (Å²) in [4.78, 5) is 25.1. The number of aromatic nitrogens is 4. The predicted molar refractivity (Wildman–Crippen MR) is 107 cm³/mol. The fourth-order valence-corrected chi connectivity index (χ4v) is 3.82. The summed E-state index contributed by atoms with van der Waals surface area (Å²) in [5, 5.41) is 15.8. The number of Topliss-reactive ketones (excluding diaryl/α,β-unsaturated/α-hetero) is 1. The van der Waals surface area contributed by atoms with Crippen molar-refractivity contribution in [3.8, 4) is 0 Å². The van der Waals surface area contributed by atoms with Crippen molar-refractivity contribution in [3.05, 3.63) is 76.1 Å². The van der Waals surface area contributed by atoms with Crippen LogP contribution in [0, 0.1) is 11.6 Å². The van der Waals surface area contributed by atoms with Crippen LogP contribution in [0.1, 0.15) is 64.6 Å². The van der Waals surface area contributed by atoms with Crippen LogP contribution in [0.5, 0.6) is 0 Å². The average molecular weight is 425 g/mol. The van der Waals surface area contributed by atoms with Crippen LogP contribution in [0.2, 0.25) is 0 Å². The van der Waals surface area contributed by atoms with Gasteiger partial charge in [0.25, 0.3) is 0 Å². The zero-order chi connectivity index (χ0) is 21.8. The van der Waals surface area contributed by atoms with Crippen molar-refractivity contribution in [2.75, 3.05) is 0 Å². The molecule has 1 atom stereocenters. The van der Waals surface area contributed by atoms with E-state index in [2.05, 4.69) is 25.9 Å². The molecule has 0 unspecified atom stereocenters. The molecule has 0 saturated carbocycles. The van der Waals surface area contributed by atoms with Gasteiger partial charge >= 0.3 is 0 Å². The number of halogens is 2. The number of aryl methyl sites for hydroxylation is 2. The molecule has 0 spiro atoms. The van der Waals surface area contributed by atoms with Crippen molar-refractivity contribution < 1.29 is 18.4 Å². The van der Waals surface area contributed by atoms with Gasteiger partial charge in [0, 0.05) is 24.0 Å². The number of rotatable bonds is 7. The number of ketones is 1. The molecule has 1 aliphatic rings. The first-order valence-corrected chi connectivity index (χ1v) is 10.1. The minimum absolute atomic E-state index is 0.00475. The molecule has 1 heterocycles. The maximum atomic E-state index is 14.3. The Hall–Kier alpha value is -3.49. The quantitative estimate of drug-likeness (QED) is 0.566. The van der Waals surface area contributed by atoms with Crippen LogP contribution in [-0.4, -0.2) is 32.3 Å². The molecule has 0 bridgehead atoms. The minimum Gasteiger partial charge on any atom is -0.342 e. The Labute approximate surface area is 177 Å². The molecule has 0 aliphatic heterocycles. The Morgan fingerprint density at radius 3 is 2.61 bits per heavy atom. The highest BCUT2D eigenvalue weighted by Gasteiger charge is 2.25. The molecule has 3 aromatic rings. The van der Waals surface area contributed by atoms with E-state index >= 15 is 0 Å². The lowest BCUT2D eigenvalue weighted by atomic mass is 9.89. The number of benzene rings is 2. The number of hydrogen-bond donors (Lipinski definition) is 2. The van der Waals surface area contributed by atoms with Gasteiger partial charge in [-0.2, -0.15) is 5.21 Å². The number of nitrogens with one attached hydrogen (secondary N) is 2. The van der Waals surface area contributed by atoms with Crippen molar-refractivity contribution in [1.82, 2.24) is 25.9 Å². The maximum absolute atomic E-state index is 14.3. The van der Waals surface area contributed by atoms with Crippen molar-refractivity contribution in [3.63, 3.8) is 0 Å². The molecular formula is C22H21F2N5O2. The SMILES string of the molecule is O=C(CCC(=O)c1ccc2c(c1)CCCC2)N[C@H](c1nn[nH]n1)c1cc(F)ccc1F. The number of carbonyl (C=O) groups excluding carboxylic acids is 2. The highest BCUT2D eigenvalue weighted by atomic mass is 19.1. The standard InChI is InChI=1S/C22H21F2N5O2/c23-16-7-8-18(24)17(12-16)21(22-26-28-29-27-22)25-20(31)10-9-19(30)15-6-5-13-3-1-2-4-14(13)11-15/h5-8,11-12,21H,1-4,9-10H2,(H,25,31)(H,26,27,28,29)/t21-/m0/s1. The van der Waals surface area contributed by atoms with Crippen LogP contribution in [0.4, 0.5) is 8.78 Å². The van der Waals surface area contributed by atoms with Crippen molar-refractivity contribution in [1.29, 1.82) is 0 Å². The molecule has 1 amide bonds. The van der Waals surface area contributed by atoms with Crippen LogP contribution in [0.3, 0.4) is 0 Å². The molecule has 160 valence electrons. The van der Waals surface area contributed by atoms with Gasteiger partial charge in [-0.25, -0.2) is 8.78 Å². The van der Waals surface area contributed by atoms with Gasteiger partial charge in [-0.05, 0) is 61.1 Å². The Morgan fingerprint density at radius 2 is 1.84 bits per heavy atom. The van der Waals surface area contributed by atoms with Crippen molar-refractivity contribution in [2.45, 2.75) is 44.6 Å². The zero-order valence-electron chi connectivity index (χ0n) is 16.7. The zero-order valence-corrected chi connectivity index (χ0v) is 16.7. The van der Waals surface area contributed by atoms with Crippen LogP contribution < -0.4 is 5.32 Å². The Morgan fingerprint density at radius 1 is 1.03 bits per heavy atom. The summed E-state index contributed by atoms with van der Waals surface area (Å²) in [6.45, 7) is 0. The maximum Gasteiger partial charge on any atom is 0.221 e. The summed E-state index contributed by atoms with van der Waals surface area (Å²) >= 11 is 0. The Bertz CT molecular complexity index is 1100. The van der Waals surface area contributed by atoms with E-state index in [-0.39, 0.29) is 30.0 Å². The van der Waals surface area contributed by atoms with Gasteiger partial charge in [0.2, 0.25) is 11.7 Å². The van der Waals surface area contributed by atoms with Crippen LogP contribution in [-0.2, 0) is 17.6 Å². The number of aromatic amines is 1. The lowest BCUT2D eigenvalue weighted by Gasteiger charge is -2.17. The topological polar surface area (TPSA) is 101 Å². The molecule has 2 aromatic carbocycles. The third-order valence-electron chi connectivity index (χ3n) is 5.44.